The highest BCUT2D eigenvalue weighted by Gasteiger charge is 2.53. The van der Waals surface area contributed by atoms with Crippen molar-refractivity contribution in [2.75, 3.05) is 5.73 Å². The largest absolute Gasteiger partial charge is 0.387 e. The van der Waals surface area contributed by atoms with Gasteiger partial charge < -0.3 is 20.7 Å². The minimum absolute atomic E-state index is 0.0686. The van der Waals surface area contributed by atoms with Gasteiger partial charge in [0.1, 0.15) is 18.5 Å². The summed E-state index contributed by atoms with van der Waals surface area (Å²) in [4.78, 5) is 24.1. The van der Waals surface area contributed by atoms with Gasteiger partial charge in [0.2, 0.25) is 5.78 Å². The predicted octanol–water partition coefficient (Wildman–Crippen LogP) is -1.78. The molecule has 2 aliphatic heterocycles. The van der Waals surface area contributed by atoms with Crippen LogP contribution in [-0.4, -0.2) is 53.8 Å². The van der Waals surface area contributed by atoms with Gasteiger partial charge in [0.05, 0.1) is 0 Å². The number of Topliss-reactive ketones (excluding diaryl/α,β-unsaturated/α-hetero) is 1. The Hall–Kier alpha value is -2.10. The average Bonchev–Trinajstić information content (AvgIpc) is 2.89. The molecule has 4 atom stereocenters. The van der Waals surface area contributed by atoms with Crippen molar-refractivity contribution >= 4 is 22.8 Å². The summed E-state index contributed by atoms with van der Waals surface area (Å²) in [6.45, 7) is 0. The molecule has 1 fully saturated rings. The second-order valence-electron chi connectivity index (χ2n) is 4.53. The number of fused-ring (bicyclic) bond motifs is 6. The summed E-state index contributed by atoms with van der Waals surface area (Å²) < 4.78 is 6.69. The molecule has 2 aliphatic rings. The first-order valence-electron chi connectivity index (χ1n) is 5.64. The third-order valence-corrected chi connectivity index (χ3v) is 3.48. The molecule has 19 heavy (non-hydrogen) atoms. The number of hydrogen-bond donors (Lipinski definition) is 3. The van der Waals surface area contributed by atoms with E-state index in [2.05, 4.69) is 15.0 Å². The van der Waals surface area contributed by atoms with Crippen LogP contribution in [0.3, 0.4) is 0 Å². The van der Waals surface area contributed by atoms with Crippen molar-refractivity contribution in [1.82, 2.24) is 19.5 Å². The maximum absolute atomic E-state index is 12.1. The average molecular weight is 263 g/mol. The molecule has 4 rings (SSSR count). The number of carbonyl (C=O) groups excluding carboxylic acids is 1. The molecular formula is C10H9N5O4. The first-order valence-corrected chi connectivity index (χ1v) is 5.64. The molecule has 2 aromatic heterocycles. The minimum Gasteiger partial charge on any atom is -0.387 e. The van der Waals surface area contributed by atoms with Gasteiger partial charge in [0, 0.05) is 0 Å². The van der Waals surface area contributed by atoms with Crippen molar-refractivity contribution in [3.63, 3.8) is 0 Å². The quantitative estimate of drug-likeness (QED) is 0.507. The Labute approximate surface area is 105 Å². The fourth-order valence-electron chi connectivity index (χ4n) is 2.56. The van der Waals surface area contributed by atoms with E-state index >= 15 is 0 Å². The molecule has 9 heteroatoms. The molecule has 2 aromatic rings. The first kappa shape index (κ1) is 10.8. The van der Waals surface area contributed by atoms with E-state index in [-0.39, 0.29) is 17.2 Å². The number of aromatic nitrogens is 4. The molecule has 9 nitrogen and oxygen atoms in total. The Morgan fingerprint density at radius 1 is 1.32 bits per heavy atom. The van der Waals surface area contributed by atoms with Crippen molar-refractivity contribution in [2.45, 2.75) is 24.5 Å². The van der Waals surface area contributed by atoms with Crippen molar-refractivity contribution in [2.24, 2.45) is 0 Å². The zero-order chi connectivity index (χ0) is 13.3. The van der Waals surface area contributed by atoms with E-state index in [1.165, 1.54) is 10.9 Å². The van der Waals surface area contributed by atoms with Crippen LogP contribution >= 0.6 is 0 Å². The predicted molar refractivity (Wildman–Crippen MR) is 60.0 cm³/mol. The van der Waals surface area contributed by atoms with Crippen LogP contribution in [0.2, 0.25) is 0 Å². The van der Waals surface area contributed by atoms with Gasteiger partial charge in [-0.1, -0.05) is 0 Å². The highest BCUT2D eigenvalue weighted by molar-refractivity contribution is 6.01. The number of aliphatic hydroxyl groups is 2. The van der Waals surface area contributed by atoms with Crippen LogP contribution in [0, 0.1) is 0 Å². The van der Waals surface area contributed by atoms with Gasteiger partial charge in [-0.05, 0) is 0 Å². The number of aliphatic hydroxyl groups excluding tert-OH is 2. The molecule has 1 saturated heterocycles. The second kappa shape index (κ2) is 3.26. The van der Waals surface area contributed by atoms with Crippen LogP contribution in [0.15, 0.2) is 6.33 Å². The zero-order valence-electron chi connectivity index (χ0n) is 9.46. The summed E-state index contributed by atoms with van der Waals surface area (Å²) in [5.41, 5.74) is 6.26. The maximum atomic E-state index is 12.1. The van der Waals surface area contributed by atoms with Crippen molar-refractivity contribution in [3.8, 4) is 0 Å². The number of carbonyl (C=O) groups is 1. The maximum Gasteiger partial charge on any atom is 0.229 e. The molecule has 0 radical (unpaired) electrons. The third kappa shape index (κ3) is 1.14. The number of hydrogen-bond acceptors (Lipinski definition) is 8. The summed E-state index contributed by atoms with van der Waals surface area (Å²) in [5, 5.41) is 19.7. The molecule has 0 saturated carbocycles. The smallest absolute Gasteiger partial charge is 0.229 e. The van der Waals surface area contributed by atoms with Crippen LogP contribution < -0.4 is 5.73 Å². The second-order valence-corrected chi connectivity index (χ2v) is 4.53. The van der Waals surface area contributed by atoms with Gasteiger partial charge in [-0.15, -0.1) is 0 Å². The third-order valence-electron chi connectivity index (χ3n) is 3.48. The summed E-state index contributed by atoms with van der Waals surface area (Å²) in [6.07, 6.45) is -3.25. The lowest BCUT2D eigenvalue weighted by atomic mass is 10.1. The lowest BCUT2D eigenvalue weighted by molar-refractivity contribution is -0.0399. The number of nitrogens with two attached hydrogens (primary N) is 1. The Kier molecular flexibility index (Phi) is 1.85. The van der Waals surface area contributed by atoms with Gasteiger partial charge >= 0.3 is 0 Å². The number of ether oxygens (including phenoxy) is 1. The molecule has 0 spiro atoms. The first-order chi connectivity index (χ1) is 9.09. The highest BCUT2D eigenvalue weighted by Crippen LogP contribution is 2.38. The summed E-state index contributed by atoms with van der Waals surface area (Å²) >= 11 is 0. The van der Waals surface area contributed by atoms with E-state index in [4.69, 9.17) is 10.5 Å². The van der Waals surface area contributed by atoms with E-state index in [0.29, 0.717) is 5.65 Å². The number of rotatable bonds is 0. The summed E-state index contributed by atoms with van der Waals surface area (Å²) in [6, 6.07) is 0. The van der Waals surface area contributed by atoms with Crippen LogP contribution in [0.5, 0.6) is 0 Å². The Morgan fingerprint density at radius 2 is 2.11 bits per heavy atom. The summed E-state index contributed by atoms with van der Waals surface area (Å²) in [7, 11) is 0. The molecule has 0 amide bonds. The van der Waals surface area contributed by atoms with E-state index in [1.54, 1.807) is 0 Å². The van der Waals surface area contributed by atoms with Crippen LogP contribution in [0.25, 0.3) is 11.2 Å². The molecule has 4 heterocycles. The van der Waals surface area contributed by atoms with Gasteiger partial charge in [0.15, 0.2) is 35.1 Å². The topological polar surface area (TPSA) is 136 Å². The fraction of sp³-hybridized carbons (Fsp3) is 0.400. The standard InChI is InChI=1S/C10H9N5O4/c11-7-2-8(13-1-12-7)15-9(14-2)5(18)6-3(16)4(17)10(15)19-6/h1,3-4,6,10,16-17H,(H2,11,12,13). The lowest BCUT2D eigenvalue weighted by Crippen LogP contribution is -2.36. The normalized spacial score (nSPS) is 32.8. The van der Waals surface area contributed by atoms with Crippen LogP contribution in [-0.2, 0) is 4.74 Å². The van der Waals surface area contributed by atoms with Gasteiger partial charge in [-0.25, -0.2) is 15.0 Å². The van der Waals surface area contributed by atoms with Crippen molar-refractivity contribution < 1.29 is 19.7 Å². The number of nitrogen functional groups attached to an aromatic ring is 1. The van der Waals surface area contributed by atoms with Gasteiger partial charge in [0.25, 0.3) is 0 Å². The number of ketones is 1. The molecule has 4 N–H and O–H groups in total. The minimum atomic E-state index is -1.27. The monoisotopic (exact) mass is 263 g/mol. The molecule has 0 aromatic carbocycles. The number of nitrogens with zero attached hydrogens (tertiary/aromatic N) is 4. The zero-order valence-corrected chi connectivity index (χ0v) is 9.46. The molecule has 2 bridgehead atoms. The van der Waals surface area contributed by atoms with E-state index < -0.39 is 30.3 Å². The van der Waals surface area contributed by atoms with E-state index in [1.807, 2.05) is 0 Å². The molecule has 4 unspecified atom stereocenters. The Morgan fingerprint density at radius 3 is 2.89 bits per heavy atom. The number of imidazole rings is 1. The molecular weight excluding hydrogens is 254 g/mol. The van der Waals surface area contributed by atoms with E-state index in [0.717, 1.165) is 0 Å². The SMILES string of the molecule is Nc1ncnc2c1nc1n2C2OC(C1=O)C(O)C2O. The number of anilines is 1. The molecule has 0 aliphatic carbocycles. The van der Waals surface area contributed by atoms with Gasteiger partial charge in [-0.2, -0.15) is 0 Å². The summed E-state index contributed by atoms with van der Waals surface area (Å²) in [5.74, 6) is -0.289. The fourth-order valence-corrected chi connectivity index (χ4v) is 2.56. The lowest BCUT2D eigenvalue weighted by Gasteiger charge is -2.22. The van der Waals surface area contributed by atoms with Gasteiger partial charge in [-0.3, -0.25) is 9.36 Å². The van der Waals surface area contributed by atoms with E-state index in [9.17, 15) is 15.0 Å². The molecule has 98 valence electrons. The van der Waals surface area contributed by atoms with Crippen LogP contribution in [0.1, 0.15) is 16.8 Å². The highest BCUT2D eigenvalue weighted by atomic mass is 16.6. The van der Waals surface area contributed by atoms with Crippen molar-refractivity contribution in [1.29, 1.82) is 0 Å². The van der Waals surface area contributed by atoms with Crippen LogP contribution in [0.4, 0.5) is 5.82 Å². The Balaban J connectivity index is 2.06. The van der Waals surface area contributed by atoms with Crippen molar-refractivity contribution in [3.05, 3.63) is 12.2 Å². The Bertz CT molecular complexity index is 713.